The van der Waals surface area contributed by atoms with Gasteiger partial charge in [-0.2, -0.15) is 0 Å². The number of benzene rings is 1. The van der Waals surface area contributed by atoms with Gasteiger partial charge in [0.05, 0.1) is 26.2 Å². The summed E-state index contributed by atoms with van der Waals surface area (Å²) in [5, 5.41) is 2.96. The first kappa shape index (κ1) is 16.3. The third-order valence-electron chi connectivity index (χ3n) is 3.60. The van der Waals surface area contributed by atoms with E-state index in [9.17, 15) is 9.59 Å². The fraction of sp³-hybridized carbons (Fsp3) is 0.500. The number of ether oxygens (including phenoxy) is 2. The van der Waals surface area contributed by atoms with Crippen LogP contribution in [0, 0.1) is 5.92 Å². The van der Waals surface area contributed by atoms with E-state index in [1.54, 1.807) is 0 Å². The van der Waals surface area contributed by atoms with Gasteiger partial charge in [0.25, 0.3) is 0 Å². The summed E-state index contributed by atoms with van der Waals surface area (Å²) in [6.07, 6.45) is 2.45. The van der Waals surface area contributed by atoms with E-state index in [0.717, 1.165) is 23.8 Å². The van der Waals surface area contributed by atoms with Crippen molar-refractivity contribution in [2.24, 2.45) is 11.7 Å². The van der Waals surface area contributed by atoms with Gasteiger partial charge in [0.2, 0.25) is 5.91 Å². The molecule has 6 heteroatoms. The van der Waals surface area contributed by atoms with E-state index in [1.807, 2.05) is 24.3 Å². The first-order valence-corrected chi connectivity index (χ1v) is 7.39. The summed E-state index contributed by atoms with van der Waals surface area (Å²) in [6, 6.07) is 6.91. The highest BCUT2D eigenvalue weighted by molar-refractivity contribution is 5.85. The summed E-state index contributed by atoms with van der Waals surface area (Å²) in [5.41, 5.74) is 6.25. The number of carbonyl (C=O) groups excluding carboxylic acids is 2. The van der Waals surface area contributed by atoms with Crippen LogP contribution in [0.4, 0.5) is 0 Å². The SMILES string of the molecule is COC(=O)C[C@@H](NCc1ccc(OCC2CC2)cc1)C(N)=O. The molecule has 2 rings (SSSR count). The molecule has 0 aromatic heterocycles. The predicted molar refractivity (Wildman–Crippen MR) is 81.1 cm³/mol. The van der Waals surface area contributed by atoms with Crippen molar-refractivity contribution in [2.75, 3.05) is 13.7 Å². The van der Waals surface area contributed by atoms with Crippen molar-refractivity contribution in [2.45, 2.75) is 31.8 Å². The molecular weight excluding hydrogens is 284 g/mol. The molecule has 0 saturated heterocycles. The second-order valence-corrected chi connectivity index (χ2v) is 5.51. The van der Waals surface area contributed by atoms with Crippen molar-refractivity contribution in [3.8, 4) is 5.75 Å². The number of hydrogen-bond acceptors (Lipinski definition) is 5. The standard InChI is InChI=1S/C16H22N2O4/c1-21-15(19)8-14(16(17)20)18-9-11-4-6-13(7-5-11)22-10-12-2-3-12/h4-7,12,14,18H,2-3,8-10H2,1H3,(H2,17,20)/t14-/m1/s1. The van der Waals surface area contributed by atoms with Gasteiger partial charge >= 0.3 is 5.97 Å². The van der Waals surface area contributed by atoms with Gasteiger partial charge in [0.1, 0.15) is 5.75 Å². The van der Waals surface area contributed by atoms with Gasteiger partial charge in [-0.1, -0.05) is 12.1 Å². The number of hydrogen-bond donors (Lipinski definition) is 2. The Labute approximate surface area is 130 Å². The first-order chi connectivity index (χ1) is 10.6. The van der Waals surface area contributed by atoms with E-state index in [-0.39, 0.29) is 6.42 Å². The fourth-order valence-corrected chi connectivity index (χ4v) is 1.97. The molecule has 0 radical (unpaired) electrons. The lowest BCUT2D eigenvalue weighted by Gasteiger charge is -2.14. The van der Waals surface area contributed by atoms with E-state index in [4.69, 9.17) is 10.5 Å². The van der Waals surface area contributed by atoms with E-state index in [0.29, 0.717) is 6.54 Å². The van der Waals surface area contributed by atoms with Gasteiger partial charge in [-0.15, -0.1) is 0 Å². The second-order valence-electron chi connectivity index (χ2n) is 5.51. The third-order valence-corrected chi connectivity index (χ3v) is 3.60. The lowest BCUT2D eigenvalue weighted by atomic mass is 10.1. The van der Waals surface area contributed by atoms with E-state index >= 15 is 0 Å². The molecule has 1 saturated carbocycles. The van der Waals surface area contributed by atoms with Crippen LogP contribution in [-0.2, 0) is 20.9 Å². The minimum Gasteiger partial charge on any atom is -0.493 e. The molecule has 6 nitrogen and oxygen atoms in total. The minimum absolute atomic E-state index is 0.0750. The molecule has 0 bridgehead atoms. The van der Waals surface area contributed by atoms with Gasteiger partial charge in [-0.25, -0.2) is 0 Å². The third kappa shape index (κ3) is 5.37. The van der Waals surface area contributed by atoms with Crippen LogP contribution in [0.5, 0.6) is 5.75 Å². The molecule has 1 aromatic carbocycles. The van der Waals surface area contributed by atoms with Crippen LogP contribution in [0.2, 0.25) is 0 Å². The van der Waals surface area contributed by atoms with E-state index < -0.39 is 17.9 Å². The van der Waals surface area contributed by atoms with Crippen LogP contribution < -0.4 is 15.8 Å². The topological polar surface area (TPSA) is 90.7 Å². The van der Waals surface area contributed by atoms with Crippen LogP contribution in [0.1, 0.15) is 24.8 Å². The maximum absolute atomic E-state index is 11.3. The molecule has 1 aliphatic carbocycles. The Kier molecular flexibility index (Phi) is 5.77. The highest BCUT2D eigenvalue weighted by atomic mass is 16.5. The molecule has 1 atom stereocenters. The molecule has 1 aliphatic rings. The van der Waals surface area contributed by atoms with Gasteiger partial charge in [0.15, 0.2) is 0 Å². The Morgan fingerprint density at radius 2 is 2.00 bits per heavy atom. The molecule has 0 unspecified atom stereocenters. The molecule has 1 aromatic rings. The highest BCUT2D eigenvalue weighted by Crippen LogP contribution is 2.29. The summed E-state index contributed by atoms with van der Waals surface area (Å²) < 4.78 is 10.2. The van der Waals surface area contributed by atoms with Crippen LogP contribution in [0.3, 0.4) is 0 Å². The van der Waals surface area contributed by atoms with E-state index in [1.165, 1.54) is 20.0 Å². The van der Waals surface area contributed by atoms with Gasteiger partial charge in [-0.05, 0) is 36.5 Å². The number of rotatable bonds is 9. The summed E-state index contributed by atoms with van der Waals surface area (Å²) in [6.45, 7) is 1.22. The molecule has 0 aliphatic heterocycles. The Hall–Kier alpha value is -2.08. The number of nitrogens with one attached hydrogen (secondary N) is 1. The second kappa shape index (κ2) is 7.79. The van der Waals surface area contributed by atoms with Crippen molar-refractivity contribution in [1.82, 2.24) is 5.32 Å². The van der Waals surface area contributed by atoms with Crippen molar-refractivity contribution >= 4 is 11.9 Å². The quantitative estimate of drug-likeness (QED) is 0.664. The zero-order valence-electron chi connectivity index (χ0n) is 12.7. The molecule has 0 heterocycles. The van der Waals surface area contributed by atoms with Gasteiger partial charge in [0, 0.05) is 6.54 Å². The predicted octanol–water partition coefficient (Wildman–Crippen LogP) is 0.982. The highest BCUT2D eigenvalue weighted by Gasteiger charge is 2.22. The normalized spacial score (nSPS) is 15.1. The maximum atomic E-state index is 11.3. The molecule has 0 spiro atoms. The first-order valence-electron chi connectivity index (χ1n) is 7.39. The summed E-state index contributed by atoms with van der Waals surface area (Å²) in [7, 11) is 1.28. The zero-order chi connectivity index (χ0) is 15.9. The molecular formula is C16H22N2O4. The number of primary amides is 1. The number of nitrogens with two attached hydrogens (primary N) is 1. The lowest BCUT2D eigenvalue weighted by molar-refractivity contribution is -0.142. The molecule has 22 heavy (non-hydrogen) atoms. The fourth-order valence-electron chi connectivity index (χ4n) is 1.97. The Bertz CT molecular complexity index is 511. The number of esters is 1. The van der Waals surface area contributed by atoms with Gasteiger partial charge < -0.3 is 20.5 Å². The molecule has 1 fully saturated rings. The summed E-state index contributed by atoms with van der Waals surface area (Å²) in [5.74, 6) is 0.516. The summed E-state index contributed by atoms with van der Waals surface area (Å²) in [4.78, 5) is 22.5. The number of methoxy groups -OCH3 is 1. The average Bonchev–Trinajstić information content (AvgIpc) is 3.34. The lowest BCUT2D eigenvalue weighted by Crippen LogP contribution is -2.42. The van der Waals surface area contributed by atoms with Crippen molar-refractivity contribution in [3.05, 3.63) is 29.8 Å². The van der Waals surface area contributed by atoms with E-state index in [2.05, 4.69) is 10.1 Å². The van der Waals surface area contributed by atoms with Crippen LogP contribution in [-0.4, -0.2) is 31.6 Å². The molecule has 120 valence electrons. The molecule has 3 N–H and O–H groups in total. The van der Waals surface area contributed by atoms with Crippen molar-refractivity contribution in [1.29, 1.82) is 0 Å². The van der Waals surface area contributed by atoms with Gasteiger partial charge in [-0.3, -0.25) is 9.59 Å². The Morgan fingerprint density at radius 1 is 1.32 bits per heavy atom. The van der Waals surface area contributed by atoms with Crippen molar-refractivity contribution in [3.63, 3.8) is 0 Å². The van der Waals surface area contributed by atoms with Crippen LogP contribution in [0.25, 0.3) is 0 Å². The maximum Gasteiger partial charge on any atom is 0.307 e. The zero-order valence-corrected chi connectivity index (χ0v) is 12.7. The van der Waals surface area contributed by atoms with Crippen molar-refractivity contribution < 1.29 is 19.1 Å². The number of carbonyl (C=O) groups is 2. The smallest absolute Gasteiger partial charge is 0.307 e. The van der Waals surface area contributed by atoms with Crippen LogP contribution in [0.15, 0.2) is 24.3 Å². The van der Waals surface area contributed by atoms with Crippen LogP contribution >= 0.6 is 0 Å². The minimum atomic E-state index is -0.738. The Balaban J connectivity index is 1.80. The molecule has 1 amide bonds. The monoisotopic (exact) mass is 306 g/mol. The largest absolute Gasteiger partial charge is 0.493 e. The average molecular weight is 306 g/mol. The number of amides is 1. The Morgan fingerprint density at radius 3 is 2.55 bits per heavy atom. The summed E-state index contributed by atoms with van der Waals surface area (Å²) >= 11 is 0.